The van der Waals surface area contributed by atoms with Gasteiger partial charge in [-0.25, -0.2) is 13.6 Å². The molecule has 0 saturated carbocycles. The van der Waals surface area contributed by atoms with Crippen molar-refractivity contribution in [2.75, 3.05) is 14.3 Å². The van der Waals surface area contributed by atoms with Gasteiger partial charge in [0.1, 0.15) is 11.5 Å². The summed E-state index contributed by atoms with van der Waals surface area (Å²) in [5.74, 6) is -1.06. The Morgan fingerprint density at radius 1 is 1.43 bits per heavy atom. The molecule has 21 heavy (non-hydrogen) atoms. The summed E-state index contributed by atoms with van der Waals surface area (Å²) in [6.07, 6.45) is -3.68. The number of carbonyl (C=O) groups is 1. The Balaban J connectivity index is 0.00000106. The molecule has 0 saturated heterocycles. The van der Waals surface area contributed by atoms with Crippen LogP contribution >= 0.6 is 11.6 Å². The maximum absolute atomic E-state index is 12.8. The Morgan fingerprint density at radius 2 is 2.05 bits per heavy atom. The van der Waals surface area contributed by atoms with Crippen LogP contribution in [0.4, 0.5) is 13.2 Å². The van der Waals surface area contributed by atoms with E-state index >= 15 is 0 Å². The van der Waals surface area contributed by atoms with Gasteiger partial charge < -0.3 is 14.6 Å². The predicted octanol–water partition coefficient (Wildman–Crippen LogP) is 3.43. The first-order valence-electron chi connectivity index (χ1n) is 5.59. The Bertz CT molecular complexity index is 561. The van der Waals surface area contributed by atoms with Gasteiger partial charge in [-0.15, -0.1) is 0 Å². The minimum atomic E-state index is -2.96. The fourth-order valence-corrected chi connectivity index (χ4v) is 2.01. The summed E-state index contributed by atoms with van der Waals surface area (Å²) in [6.45, 7) is 0. The van der Waals surface area contributed by atoms with Gasteiger partial charge in [0.25, 0.3) is 6.43 Å². The van der Waals surface area contributed by atoms with Crippen LogP contribution in [0.1, 0.15) is 5.56 Å². The first kappa shape index (κ1) is 17.2. The van der Waals surface area contributed by atoms with Gasteiger partial charge >= 0.3 is 5.97 Å². The Labute approximate surface area is 123 Å². The molecule has 0 amide bonds. The highest BCUT2D eigenvalue weighted by Gasteiger charge is 2.35. The second-order valence-corrected chi connectivity index (χ2v) is 4.21. The number of hydrogen-bond donors (Lipinski definition) is 1. The lowest BCUT2D eigenvalue weighted by atomic mass is 10.0. The third kappa shape index (κ3) is 3.60. The zero-order valence-corrected chi connectivity index (χ0v) is 11.8. The van der Waals surface area contributed by atoms with E-state index in [-0.39, 0.29) is 10.8 Å². The summed E-state index contributed by atoms with van der Waals surface area (Å²) < 4.78 is 45.1. The summed E-state index contributed by atoms with van der Waals surface area (Å²) in [7, 11) is 1.91. The molecule has 1 N–H and O–H groups in total. The molecule has 0 spiro atoms. The molecule has 0 bridgehead atoms. The Hall–Kier alpha value is -1.89. The van der Waals surface area contributed by atoms with Crippen LogP contribution in [0.25, 0.3) is 6.08 Å². The van der Waals surface area contributed by atoms with Crippen LogP contribution in [0.15, 0.2) is 17.7 Å². The highest BCUT2D eigenvalue weighted by molar-refractivity contribution is 6.32. The van der Waals surface area contributed by atoms with Gasteiger partial charge in [-0.05, 0) is 12.1 Å². The maximum Gasteiger partial charge on any atom is 0.335 e. The van der Waals surface area contributed by atoms with Crippen molar-refractivity contribution in [3.63, 3.8) is 0 Å². The monoisotopic (exact) mass is 324 g/mol. The van der Waals surface area contributed by atoms with Crippen molar-refractivity contribution in [2.45, 2.75) is 12.5 Å². The number of carboxylic acid groups (broad SMARTS) is 1. The van der Waals surface area contributed by atoms with E-state index in [0.717, 1.165) is 6.08 Å². The molecular formula is C13H12ClF3O4. The van der Waals surface area contributed by atoms with Crippen molar-refractivity contribution in [3.05, 3.63) is 28.3 Å². The predicted molar refractivity (Wildman–Crippen MR) is 71.1 cm³/mol. The SMILES string of the molecule is CF.COc1cc(Cl)c2c(c1)C=C(C(=O)O)C(C(F)F)O2. The summed E-state index contributed by atoms with van der Waals surface area (Å²) in [6, 6.07) is 2.87. The standard InChI is InChI=1S/C12H9ClF2O4.CH3F/c1-18-6-2-5-3-7(12(16)17)10(11(14)15)19-9(5)8(13)4-6;1-2/h2-4,10-11H,1H3,(H,16,17);1H3. The van der Waals surface area contributed by atoms with Gasteiger partial charge in [0, 0.05) is 11.6 Å². The van der Waals surface area contributed by atoms with Crippen LogP contribution in [0.2, 0.25) is 5.02 Å². The minimum absolute atomic E-state index is 0.0257. The number of alkyl halides is 3. The first-order chi connectivity index (χ1) is 9.93. The van der Waals surface area contributed by atoms with Gasteiger partial charge in [-0.2, -0.15) is 0 Å². The summed E-state index contributed by atoms with van der Waals surface area (Å²) in [5.41, 5.74) is -0.231. The molecule has 4 nitrogen and oxygen atoms in total. The molecule has 1 heterocycles. The molecule has 1 aromatic carbocycles. The van der Waals surface area contributed by atoms with Crippen molar-refractivity contribution in [2.24, 2.45) is 0 Å². The molecule has 116 valence electrons. The molecule has 1 aliphatic rings. The van der Waals surface area contributed by atoms with Crippen molar-refractivity contribution in [1.29, 1.82) is 0 Å². The first-order valence-corrected chi connectivity index (χ1v) is 5.97. The number of fused-ring (bicyclic) bond motifs is 1. The number of benzene rings is 1. The molecular weight excluding hydrogens is 313 g/mol. The van der Waals surface area contributed by atoms with Crippen LogP contribution in [0.5, 0.6) is 11.5 Å². The second-order valence-electron chi connectivity index (χ2n) is 3.81. The Kier molecular flexibility index (Phi) is 5.90. The Morgan fingerprint density at radius 3 is 2.52 bits per heavy atom. The highest BCUT2D eigenvalue weighted by Crippen LogP contribution is 2.40. The number of halogens is 4. The molecule has 2 rings (SSSR count). The summed E-state index contributed by atoms with van der Waals surface area (Å²) in [4.78, 5) is 11.0. The average molecular weight is 325 g/mol. The largest absolute Gasteiger partial charge is 0.497 e. The molecule has 0 fully saturated rings. The van der Waals surface area contributed by atoms with Crippen LogP contribution in [0.3, 0.4) is 0 Å². The fourth-order valence-electron chi connectivity index (χ4n) is 1.75. The van der Waals surface area contributed by atoms with Crippen molar-refractivity contribution in [1.82, 2.24) is 0 Å². The fraction of sp³-hybridized carbons (Fsp3) is 0.308. The van der Waals surface area contributed by atoms with Gasteiger partial charge in [0.15, 0.2) is 6.10 Å². The molecule has 1 aliphatic heterocycles. The third-order valence-electron chi connectivity index (χ3n) is 2.62. The summed E-state index contributed by atoms with van der Waals surface area (Å²) in [5, 5.41) is 9.02. The van der Waals surface area contributed by atoms with Gasteiger partial charge in [-0.1, -0.05) is 11.6 Å². The number of rotatable bonds is 3. The minimum Gasteiger partial charge on any atom is -0.497 e. The van der Waals surface area contributed by atoms with E-state index in [2.05, 4.69) is 0 Å². The van der Waals surface area contributed by atoms with E-state index in [1.807, 2.05) is 0 Å². The quantitative estimate of drug-likeness (QED) is 0.925. The normalized spacial score (nSPS) is 16.1. The average Bonchev–Trinajstić information content (AvgIpc) is 2.47. The lowest BCUT2D eigenvalue weighted by Crippen LogP contribution is -2.33. The lowest BCUT2D eigenvalue weighted by molar-refractivity contribution is -0.134. The molecule has 0 aliphatic carbocycles. The van der Waals surface area contributed by atoms with Crippen LogP contribution in [-0.4, -0.2) is 37.9 Å². The zero-order chi connectivity index (χ0) is 16.2. The van der Waals surface area contributed by atoms with E-state index in [9.17, 15) is 18.0 Å². The van der Waals surface area contributed by atoms with E-state index < -0.39 is 24.1 Å². The van der Waals surface area contributed by atoms with Crippen LogP contribution < -0.4 is 9.47 Å². The van der Waals surface area contributed by atoms with Crippen molar-refractivity contribution in [3.8, 4) is 11.5 Å². The smallest absolute Gasteiger partial charge is 0.335 e. The topological polar surface area (TPSA) is 55.8 Å². The maximum atomic E-state index is 12.8. The molecule has 1 aromatic rings. The van der Waals surface area contributed by atoms with E-state index in [1.165, 1.54) is 19.2 Å². The number of carboxylic acids is 1. The van der Waals surface area contributed by atoms with Crippen LogP contribution in [0, 0.1) is 0 Å². The highest BCUT2D eigenvalue weighted by atomic mass is 35.5. The van der Waals surface area contributed by atoms with Gasteiger partial charge in [0.05, 0.1) is 24.9 Å². The zero-order valence-electron chi connectivity index (χ0n) is 11.1. The lowest BCUT2D eigenvalue weighted by Gasteiger charge is -2.25. The van der Waals surface area contributed by atoms with Crippen LogP contribution in [-0.2, 0) is 4.79 Å². The molecule has 0 aromatic heterocycles. The van der Waals surface area contributed by atoms with Gasteiger partial charge in [0.2, 0.25) is 0 Å². The molecule has 0 radical (unpaired) electrons. The number of methoxy groups -OCH3 is 1. The third-order valence-corrected chi connectivity index (χ3v) is 2.90. The number of ether oxygens (including phenoxy) is 2. The summed E-state index contributed by atoms with van der Waals surface area (Å²) >= 11 is 5.90. The van der Waals surface area contributed by atoms with Gasteiger partial charge in [-0.3, -0.25) is 4.39 Å². The van der Waals surface area contributed by atoms with Crippen molar-refractivity contribution >= 4 is 23.6 Å². The van der Waals surface area contributed by atoms with Crippen molar-refractivity contribution < 1.29 is 32.5 Å². The molecule has 1 atom stereocenters. The van der Waals surface area contributed by atoms with E-state index in [1.54, 1.807) is 0 Å². The van der Waals surface area contributed by atoms with E-state index in [0.29, 0.717) is 18.5 Å². The van der Waals surface area contributed by atoms with E-state index in [4.69, 9.17) is 26.2 Å². The number of aliphatic carboxylic acids is 1. The number of hydrogen-bond acceptors (Lipinski definition) is 3. The second kappa shape index (κ2) is 7.21. The molecule has 1 unspecified atom stereocenters. The molecule has 8 heteroatoms.